The molecule has 50 valence electrons. The highest BCUT2D eigenvalue weighted by molar-refractivity contribution is 4.28. The number of nitrogens with one attached hydrogen (secondary N) is 3. The molecule has 8 heavy (non-hydrogen) atoms. The lowest BCUT2D eigenvalue weighted by Crippen LogP contribution is -2.46. The molecule has 0 amide bonds. The second-order valence-corrected chi connectivity index (χ2v) is 1.47. The molecule has 0 heterocycles. The van der Waals surface area contributed by atoms with Crippen LogP contribution in [-0.2, 0) is 0 Å². The highest BCUT2D eigenvalue weighted by Gasteiger charge is 1.85. The predicted molar refractivity (Wildman–Crippen MR) is 33.9 cm³/mol. The number of hydrazine groups is 2. The van der Waals surface area contributed by atoms with E-state index in [0.717, 1.165) is 6.67 Å². The summed E-state index contributed by atoms with van der Waals surface area (Å²) in [6.07, 6.45) is 0. The van der Waals surface area contributed by atoms with Crippen molar-refractivity contribution in [1.82, 2.24) is 21.3 Å². The van der Waals surface area contributed by atoms with Crippen molar-refractivity contribution < 1.29 is 0 Å². The summed E-state index contributed by atoms with van der Waals surface area (Å²) in [5.74, 6) is 0. The fourth-order valence-corrected chi connectivity index (χ4v) is 0.277. The van der Waals surface area contributed by atoms with E-state index in [9.17, 15) is 0 Å². The second kappa shape index (κ2) is 4.99. The summed E-state index contributed by atoms with van der Waals surface area (Å²) < 4.78 is 0. The van der Waals surface area contributed by atoms with Gasteiger partial charge in [-0.25, -0.2) is 10.9 Å². The van der Waals surface area contributed by atoms with Gasteiger partial charge in [0.15, 0.2) is 0 Å². The van der Waals surface area contributed by atoms with Gasteiger partial charge >= 0.3 is 0 Å². The van der Waals surface area contributed by atoms with Crippen molar-refractivity contribution in [2.45, 2.75) is 0 Å². The van der Waals surface area contributed by atoms with Crippen LogP contribution >= 0.6 is 0 Å². The van der Waals surface area contributed by atoms with Gasteiger partial charge in [0.25, 0.3) is 0 Å². The molecular weight excluding hydrogens is 104 g/mol. The normalized spacial score (nSPS) is 10.5. The molecule has 0 fully saturated rings. The first-order valence-electron chi connectivity index (χ1n) is 2.60. The molecule has 0 rings (SSSR count). The van der Waals surface area contributed by atoms with Crippen molar-refractivity contribution in [2.24, 2.45) is 0 Å². The van der Waals surface area contributed by atoms with Crippen LogP contribution in [0.25, 0.3) is 0 Å². The van der Waals surface area contributed by atoms with E-state index < -0.39 is 0 Å². The predicted octanol–water partition coefficient (Wildman–Crippen LogP) is -1.27. The quantitative estimate of drug-likeness (QED) is 0.318. The van der Waals surface area contributed by atoms with Gasteiger partial charge in [0.1, 0.15) is 0 Å². The Balaban J connectivity index is 2.86. The molecule has 0 spiro atoms. The Morgan fingerprint density at radius 3 is 2.38 bits per heavy atom. The van der Waals surface area contributed by atoms with Crippen molar-refractivity contribution in [3.8, 4) is 0 Å². The first-order valence-corrected chi connectivity index (χ1v) is 2.60. The monoisotopic (exact) mass is 118 g/mol. The summed E-state index contributed by atoms with van der Waals surface area (Å²) in [6.45, 7) is 0.775. The maximum absolute atomic E-state index is 2.99. The molecule has 0 atom stereocenters. The number of nitrogens with zero attached hydrogens (tertiary/aromatic N) is 1. The summed E-state index contributed by atoms with van der Waals surface area (Å²) in [6, 6.07) is 0. The first-order chi connectivity index (χ1) is 3.81. The molecule has 4 nitrogen and oxygen atoms in total. The molecule has 0 aromatic rings. The Morgan fingerprint density at radius 2 is 2.00 bits per heavy atom. The van der Waals surface area contributed by atoms with Gasteiger partial charge in [0.05, 0.1) is 6.67 Å². The van der Waals surface area contributed by atoms with Crippen molar-refractivity contribution in [3.05, 3.63) is 0 Å². The average Bonchev–Trinajstić information content (AvgIpc) is 1.83. The number of hydrogen-bond acceptors (Lipinski definition) is 4. The standard InChI is InChI=1S/C4H14N4/c1-5-4-7-8(3)6-2/h5-7H,4H2,1-3H3. The lowest BCUT2D eigenvalue weighted by Gasteiger charge is -2.15. The lowest BCUT2D eigenvalue weighted by atomic mass is 11.0. The Labute approximate surface area is 50.2 Å². The van der Waals surface area contributed by atoms with E-state index in [0.29, 0.717) is 0 Å². The van der Waals surface area contributed by atoms with Gasteiger partial charge in [-0.3, -0.25) is 0 Å². The van der Waals surface area contributed by atoms with Crippen LogP contribution in [0.15, 0.2) is 0 Å². The molecule has 0 saturated carbocycles. The van der Waals surface area contributed by atoms with Crippen LogP contribution in [0.2, 0.25) is 0 Å². The Bertz CT molecular complexity index is 47.3. The van der Waals surface area contributed by atoms with E-state index in [1.54, 1.807) is 5.12 Å². The average molecular weight is 118 g/mol. The molecular formula is C4H14N4. The zero-order chi connectivity index (χ0) is 6.41. The molecule has 0 unspecified atom stereocenters. The fourth-order valence-electron chi connectivity index (χ4n) is 0.277. The molecule has 0 aromatic carbocycles. The summed E-state index contributed by atoms with van der Waals surface area (Å²) in [5.41, 5.74) is 5.88. The van der Waals surface area contributed by atoms with Crippen molar-refractivity contribution in [3.63, 3.8) is 0 Å². The van der Waals surface area contributed by atoms with Gasteiger partial charge in [-0.05, 0) is 7.05 Å². The number of hydrogen-bond donors (Lipinski definition) is 3. The van der Waals surface area contributed by atoms with Crippen molar-refractivity contribution in [1.29, 1.82) is 0 Å². The van der Waals surface area contributed by atoms with Crippen LogP contribution in [-0.4, -0.2) is 32.9 Å². The molecule has 0 aliphatic carbocycles. The van der Waals surface area contributed by atoms with Crippen molar-refractivity contribution in [2.75, 3.05) is 27.8 Å². The second-order valence-electron chi connectivity index (χ2n) is 1.47. The third-order valence-corrected chi connectivity index (χ3v) is 0.828. The van der Waals surface area contributed by atoms with Crippen LogP contribution in [0.1, 0.15) is 0 Å². The van der Waals surface area contributed by atoms with E-state index in [1.165, 1.54) is 0 Å². The van der Waals surface area contributed by atoms with Crippen molar-refractivity contribution >= 4 is 0 Å². The van der Waals surface area contributed by atoms with Crippen LogP contribution in [0.3, 0.4) is 0 Å². The molecule has 0 radical (unpaired) electrons. The molecule has 0 saturated heterocycles. The van der Waals surface area contributed by atoms with E-state index in [-0.39, 0.29) is 0 Å². The van der Waals surface area contributed by atoms with Crippen LogP contribution in [0, 0.1) is 0 Å². The molecule has 0 bridgehead atoms. The third-order valence-electron chi connectivity index (χ3n) is 0.828. The molecule has 0 aromatic heterocycles. The summed E-state index contributed by atoms with van der Waals surface area (Å²) in [7, 11) is 5.64. The highest BCUT2D eigenvalue weighted by Crippen LogP contribution is 1.56. The number of rotatable bonds is 4. The topological polar surface area (TPSA) is 39.3 Å². The summed E-state index contributed by atoms with van der Waals surface area (Å²) in [5, 5.41) is 4.71. The van der Waals surface area contributed by atoms with Crippen LogP contribution in [0.5, 0.6) is 0 Å². The minimum atomic E-state index is 0.775. The molecule has 0 aliphatic heterocycles. The van der Waals surface area contributed by atoms with E-state index in [2.05, 4.69) is 16.2 Å². The maximum Gasteiger partial charge on any atom is 0.0603 e. The maximum atomic E-state index is 2.99. The molecule has 0 aliphatic rings. The Kier molecular flexibility index (Phi) is 4.89. The summed E-state index contributed by atoms with van der Waals surface area (Å²) in [4.78, 5) is 0. The molecule has 4 heteroatoms. The SMILES string of the molecule is CNCNN(C)NC. The van der Waals surface area contributed by atoms with E-state index >= 15 is 0 Å². The summed E-state index contributed by atoms with van der Waals surface area (Å²) >= 11 is 0. The third kappa shape index (κ3) is 4.01. The van der Waals surface area contributed by atoms with Crippen LogP contribution < -0.4 is 16.2 Å². The minimum absolute atomic E-state index is 0.775. The van der Waals surface area contributed by atoms with Gasteiger partial charge in [-0.15, -0.1) is 0 Å². The largest absolute Gasteiger partial charge is 0.307 e. The molecule has 3 N–H and O–H groups in total. The zero-order valence-corrected chi connectivity index (χ0v) is 5.65. The zero-order valence-electron chi connectivity index (χ0n) is 5.65. The Morgan fingerprint density at radius 1 is 1.38 bits per heavy atom. The van der Waals surface area contributed by atoms with Gasteiger partial charge in [-0.1, -0.05) is 0 Å². The lowest BCUT2D eigenvalue weighted by molar-refractivity contribution is 0.168. The van der Waals surface area contributed by atoms with Gasteiger partial charge in [0.2, 0.25) is 0 Å². The van der Waals surface area contributed by atoms with E-state index in [1.807, 2.05) is 21.1 Å². The Hall–Kier alpha value is -0.160. The van der Waals surface area contributed by atoms with Gasteiger partial charge in [-0.2, -0.15) is 5.12 Å². The van der Waals surface area contributed by atoms with E-state index in [4.69, 9.17) is 0 Å². The van der Waals surface area contributed by atoms with Crippen LogP contribution in [0.4, 0.5) is 0 Å². The van der Waals surface area contributed by atoms with Gasteiger partial charge < -0.3 is 5.32 Å². The smallest absolute Gasteiger partial charge is 0.0603 e. The first kappa shape index (κ1) is 7.84. The van der Waals surface area contributed by atoms with Gasteiger partial charge in [0, 0.05) is 14.1 Å². The minimum Gasteiger partial charge on any atom is -0.307 e. The highest BCUT2D eigenvalue weighted by atomic mass is 15.7. The fraction of sp³-hybridized carbons (Fsp3) is 1.00.